The maximum Gasteiger partial charge on any atom is 0.272 e. The molecular formula is C20H20N2O2. The molecule has 1 N–H and O–H groups in total. The van der Waals surface area contributed by atoms with Gasteiger partial charge in [0.1, 0.15) is 5.69 Å². The Hall–Kier alpha value is -2.88. The van der Waals surface area contributed by atoms with Gasteiger partial charge in [0.2, 0.25) is 0 Å². The fraction of sp³-hybridized carbons (Fsp3) is 0.200. The number of hydrogen-bond acceptors (Lipinski definition) is 2. The minimum atomic E-state index is -0.269. The Morgan fingerprint density at radius 2 is 1.83 bits per heavy atom. The lowest BCUT2D eigenvalue weighted by Crippen LogP contribution is -2.28. The summed E-state index contributed by atoms with van der Waals surface area (Å²) in [6, 6.07) is 16.8. The largest absolute Gasteiger partial charge is 0.321 e. The smallest absolute Gasteiger partial charge is 0.272 e. The molecule has 0 unspecified atom stereocenters. The summed E-state index contributed by atoms with van der Waals surface area (Å²) in [5.41, 5.74) is 2.02. The normalized spacial score (nSPS) is 10.8. The number of amides is 1. The standard InChI is InChI=1S/C20H20N2O2/c1-3-11-22-18(19(23)21-16-7-5-4-6-8-16)13-15-10-9-14(2)12-17(15)20(22)24/h4-10,12-13H,3,11H2,1-2H3,(H,21,23). The summed E-state index contributed by atoms with van der Waals surface area (Å²) < 4.78 is 1.57. The topological polar surface area (TPSA) is 51.1 Å². The highest BCUT2D eigenvalue weighted by Crippen LogP contribution is 2.16. The predicted molar refractivity (Wildman–Crippen MR) is 97.6 cm³/mol. The highest BCUT2D eigenvalue weighted by molar-refractivity contribution is 6.05. The molecule has 0 radical (unpaired) electrons. The zero-order valence-corrected chi connectivity index (χ0v) is 13.9. The second-order valence-electron chi connectivity index (χ2n) is 5.90. The van der Waals surface area contributed by atoms with Gasteiger partial charge in [0, 0.05) is 17.6 Å². The number of carbonyl (C=O) groups is 1. The number of aromatic nitrogens is 1. The van der Waals surface area contributed by atoms with E-state index in [-0.39, 0.29) is 11.5 Å². The average Bonchev–Trinajstić information content (AvgIpc) is 2.58. The summed E-state index contributed by atoms with van der Waals surface area (Å²) in [5, 5.41) is 4.30. The van der Waals surface area contributed by atoms with Gasteiger partial charge in [-0.1, -0.05) is 42.8 Å². The fourth-order valence-electron chi connectivity index (χ4n) is 2.81. The molecule has 0 fully saturated rings. The van der Waals surface area contributed by atoms with E-state index in [1.807, 2.05) is 62.4 Å². The molecule has 122 valence electrons. The van der Waals surface area contributed by atoms with Gasteiger partial charge >= 0.3 is 0 Å². The van der Waals surface area contributed by atoms with E-state index in [0.717, 1.165) is 17.4 Å². The molecule has 3 aromatic rings. The number of para-hydroxylation sites is 1. The molecule has 0 spiro atoms. The van der Waals surface area contributed by atoms with Crippen LogP contribution >= 0.6 is 0 Å². The maximum atomic E-state index is 12.8. The molecule has 24 heavy (non-hydrogen) atoms. The Morgan fingerprint density at radius 3 is 2.54 bits per heavy atom. The van der Waals surface area contributed by atoms with E-state index in [0.29, 0.717) is 23.3 Å². The molecule has 4 nitrogen and oxygen atoms in total. The maximum absolute atomic E-state index is 12.8. The van der Waals surface area contributed by atoms with Crippen LogP contribution in [-0.4, -0.2) is 10.5 Å². The number of carbonyl (C=O) groups excluding carboxylic acids is 1. The Kier molecular flexibility index (Phi) is 4.47. The number of pyridine rings is 1. The number of hydrogen-bond donors (Lipinski definition) is 1. The van der Waals surface area contributed by atoms with Crippen LogP contribution in [-0.2, 0) is 6.54 Å². The lowest BCUT2D eigenvalue weighted by atomic mass is 10.1. The number of benzene rings is 2. The van der Waals surface area contributed by atoms with Gasteiger partial charge in [0.15, 0.2) is 0 Å². The molecule has 0 atom stereocenters. The molecule has 0 saturated heterocycles. The number of nitrogens with zero attached hydrogens (tertiary/aromatic N) is 1. The van der Waals surface area contributed by atoms with Crippen molar-refractivity contribution in [3.63, 3.8) is 0 Å². The summed E-state index contributed by atoms with van der Waals surface area (Å²) in [4.78, 5) is 25.5. The van der Waals surface area contributed by atoms with E-state index in [1.165, 1.54) is 0 Å². The minimum absolute atomic E-state index is 0.115. The number of nitrogens with one attached hydrogen (secondary N) is 1. The Balaban J connectivity index is 2.12. The third-order valence-electron chi connectivity index (χ3n) is 3.98. The minimum Gasteiger partial charge on any atom is -0.321 e. The van der Waals surface area contributed by atoms with Crippen molar-refractivity contribution in [2.75, 3.05) is 5.32 Å². The van der Waals surface area contributed by atoms with Crippen molar-refractivity contribution >= 4 is 22.4 Å². The van der Waals surface area contributed by atoms with Crippen molar-refractivity contribution in [1.82, 2.24) is 4.57 Å². The van der Waals surface area contributed by atoms with E-state index in [4.69, 9.17) is 0 Å². The van der Waals surface area contributed by atoms with Crippen LogP contribution in [0.2, 0.25) is 0 Å². The van der Waals surface area contributed by atoms with Crippen LogP contribution in [0.3, 0.4) is 0 Å². The van der Waals surface area contributed by atoms with Gasteiger partial charge in [-0.05, 0) is 43.0 Å². The average molecular weight is 320 g/mol. The summed E-state index contributed by atoms with van der Waals surface area (Å²) >= 11 is 0. The van der Waals surface area contributed by atoms with Crippen molar-refractivity contribution in [2.45, 2.75) is 26.8 Å². The SMILES string of the molecule is CCCn1c(C(=O)Nc2ccccc2)cc2ccc(C)cc2c1=O. The van der Waals surface area contributed by atoms with Crippen molar-refractivity contribution in [3.8, 4) is 0 Å². The van der Waals surface area contributed by atoms with E-state index in [9.17, 15) is 9.59 Å². The summed E-state index contributed by atoms with van der Waals surface area (Å²) in [6.07, 6.45) is 0.781. The van der Waals surface area contributed by atoms with E-state index in [1.54, 1.807) is 10.6 Å². The first-order chi connectivity index (χ1) is 11.6. The molecule has 4 heteroatoms. The van der Waals surface area contributed by atoms with Crippen LogP contribution < -0.4 is 10.9 Å². The zero-order chi connectivity index (χ0) is 17.1. The lowest BCUT2D eigenvalue weighted by molar-refractivity contribution is 0.101. The van der Waals surface area contributed by atoms with Gasteiger partial charge in [0.25, 0.3) is 11.5 Å². The Morgan fingerprint density at radius 1 is 1.08 bits per heavy atom. The molecule has 1 aromatic heterocycles. The molecule has 1 amide bonds. The third-order valence-corrected chi connectivity index (χ3v) is 3.98. The molecule has 0 saturated carbocycles. The number of rotatable bonds is 4. The van der Waals surface area contributed by atoms with Gasteiger partial charge in [-0.2, -0.15) is 0 Å². The predicted octanol–water partition coefficient (Wildman–Crippen LogP) is 3.97. The van der Waals surface area contributed by atoms with E-state index >= 15 is 0 Å². The van der Waals surface area contributed by atoms with Gasteiger partial charge in [0.05, 0.1) is 0 Å². The van der Waals surface area contributed by atoms with Gasteiger partial charge < -0.3 is 9.88 Å². The quantitative estimate of drug-likeness (QED) is 0.790. The Labute approximate surface area is 140 Å². The summed E-state index contributed by atoms with van der Waals surface area (Å²) in [7, 11) is 0. The first-order valence-corrected chi connectivity index (χ1v) is 8.10. The molecular weight excluding hydrogens is 300 g/mol. The van der Waals surface area contributed by atoms with Crippen LogP contribution in [0.5, 0.6) is 0 Å². The summed E-state index contributed by atoms with van der Waals surface area (Å²) in [6.45, 7) is 4.46. The first-order valence-electron chi connectivity index (χ1n) is 8.10. The van der Waals surface area contributed by atoms with Crippen molar-refractivity contribution in [1.29, 1.82) is 0 Å². The highest BCUT2D eigenvalue weighted by Gasteiger charge is 2.15. The fourth-order valence-corrected chi connectivity index (χ4v) is 2.81. The zero-order valence-electron chi connectivity index (χ0n) is 13.9. The van der Waals surface area contributed by atoms with Crippen molar-refractivity contribution < 1.29 is 4.79 Å². The van der Waals surface area contributed by atoms with Crippen LogP contribution in [0.15, 0.2) is 59.4 Å². The Bertz CT molecular complexity index is 943. The lowest BCUT2D eigenvalue weighted by Gasteiger charge is -2.14. The van der Waals surface area contributed by atoms with Crippen LogP contribution in [0.25, 0.3) is 10.8 Å². The molecule has 0 bridgehead atoms. The molecule has 1 heterocycles. The van der Waals surface area contributed by atoms with Crippen molar-refractivity contribution in [3.05, 3.63) is 76.2 Å². The van der Waals surface area contributed by atoms with E-state index in [2.05, 4.69) is 5.32 Å². The number of fused-ring (bicyclic) bond motifs is 1. The monoisotopic (exact) mass is 320 g/mol. The molecule has 0 aliphatic heterocycles. The first kappa shape index (κ1) is 16.0. The second-order valence-corrected chi connectivity index (χ2v) is 5.90. The molecule has 3 rings (SSSR count). The molecule has 2 aromatic carbocycles. The highest BCUT2D eigenvalue weighted by atomic mass is 16.2. The third kappa shape index (κ3) is 3.08. The van der Waals surface area contributed by atoms with Crippen molar-refractivity contribution in [2.24, 2.45) is 0 Å². The molecule has 0 aliphatic carbocycles. The van der Waals surface area contributed by atoms with E-state index < -0.39 is 0 Å². The second kappa shape index (κ2) is 6.71. The molecule has 0 aliphatic rings. The van der Waals surface area contributed by atoms with Crippen LogP contribution in [0.1, 0.15) is 29.4 Å². The van der Waals surface area contributed by atoms with Gasteiger partial charge in [-0.3, -0.25) is 9.59 Å². The van der Waals surface area contributed by atoms with Gasteiger partial charge in [-0.15, -0.1) is 0 Å². The van der Waals surface area contributed by atoms with Gasteiger partial charge in [-0.25, -0.2) is 0 Å². The summed E-state index contributed by atoms with van der Waals surface area (Å²) in [5.74, 6) is -0.269. The number of aryl methyl sites for hydroxylation is 1. The van der Waals surface area contributed by atoms with Crippen LogP contribution in [0, 0.1) is 6.92 Å². The van der Waals surface area contributed by atoms with Crippen LogP contribution in [0.4, 0.5) is 5.69 Å². The number of anilines is 1.